The van der Waals surface area contributed by atoms with E-state index in [1.54, 1.807) is 0 Å². The molecule has 0 bridgehead atoms. The second kappa shape index (κ2) is 19.9. The first-order chi connectivity index (χ1) is 16.5. The first kappa shape index (κ1) is 30.6. The van der Waals surface area contributed by atoms with Crippen LogP contribution in [0.15, 0.2) is 30.3 Å². The molecule has 4 nitrogen and oxygen atoms in total. The maximum atomic E-state index is 13.1. The van der Waals surface area contributed by atoms with Gasteiger partial charge >= 0.3 is 0 Å². The van der Waals surface area contributed by atoms with Crippen LogP contribution in [0.5, 0.6) is 0 Å². The highest BCUT2D eigenvalue weighted by Gasteiger charge is 2.29. The third-order valence-electron chi connectivity index (χ3n) is 6.98. The van der Waals surface area contributed by atoms with Gasteiger partial charge in [0.05, 0.1) is 24.2 Å². The minimum atomic E-state index is -0.807. The number of carbonyl (C=O) groups is 1. The van der Waals surface area contributed by atoms with Crippen LogP contribution in [0.1, 0.15) is 135 Å². The van der Waals surface area contributed by atoms with Gasteiger partial charge in [0.2, 0.25) is 5.91 Å². The molecule has 0 saturated heterocycles. The summed E-state index contributed by atoms with van der Waals surface area (Å²) in [7, 11) is 0. The van der Waals surface area contributed by atoms with E-state index < -0.39 is 18.1 Å². The van der Waals surface area contributed by atoms with Crippen LogP contribution in [0, 0.1) is 5.92 Å². The maximum absolute atomic E-state index is 13.1. The molecule has 0 saturated carbocycles. The number of hydrogen-bond acceptors (Lipinski definition) is 3. The van der Waals surface area contributed by atoms with Crippen LogP contribution in [0.4, 0.5) is 0 Å². The molecule has 196 valence electrons. The van der Waals surface area contributed by atoms with Gasteiger partial charge in [-0.25, -0.2) is 0 Å². The van der Waals surface area contributed by atoms with Crippen molar-refractivity contribution in [2.75, 3.05) is 0 Å². The van der Waals surface area contributed by atoms with Crippen LogP contribution in [-0.4, -0.2) is 28.3 Å². The van der Waals surface area contributed by atoms with Crippen LogP contribution in [0.25, 0.3) is 0 Å². The van der Waals surface area contributed by atoms with E-state index in [-0.39, 0.29) is 18.4 Å². The van der Waals surface area contributed by atoms with E-state index in [0.717, 1.165) is 44.1 Å². The number of aliphatic hydroxyl groups excluding tert-OH is 2. The lowest BCUT2D eigenvalue weighted by Gasteiger charge is -2.26. The number of amides is 1. The van der Waals surface area contributed by atoms with Crippen molar-refractivity contribution in [3.63, 3.8) is 0 Å². The van der Waals surface area contributed by atoms with E-state index in [1.165, 1.54) is 44.9 Å². The molecular weight excluding hydrogens is 422 g/mol. The molecule has 1 aromatic carbocycles. The molecule has 0 fully saturated rings. The van der Waals surface area contributed by atoms with Crippen LogP contribution < -0.4 is 5.32 Å². The van der Waals surface area contributed by atoms with Crippen LogP contribution in [0.2, 0.25) is 0 Å². The minimum absolute atomic E-state index is 0.101. The zero-order chi connectivity index (χ0) is 25.0. The van der Waals surface area contributed by atoms with Crippen molar-refractivity contribution in [3.05, 3.63) is 35.9 Å². The van der Waals surface area contributed by atoms with Gasteiger partial charge in [-0.2, -0.15) is 0 Å². The Labute approximate surface area is 209 Å². The topological polar surface area (TPSA) is 69.6 Å². The van der Waals surface area contributed by atoms with Gasteiger partial charge in [-0.1, -0.05) is 128 Å². The highest BCUT2D eigenvalue weighted by Crippen LogP contribution is 2.22. The van der Waals surface area contributed by atoms with E-state index in [0.29, 0.717) is 12.8 Å². The monoisotopic (exact) mass is 475 g/mol. The maximum Gasteiger partial charge on any atom is 0.226 e. The van der Waals surface area contributed by atoms with Crippen molar-refractivity contribution < 1.29 is 15.0 Å². The Morgan fingerprint density at radius 1 is 0.765 bits per heavy atom. The largest absolute Gasteiger partial charge is 0.393 e. The molecule has 0 aliphatic heterocycles. The molecule has 4 heteroatoms. The summed E-state index contributed by atoms with van der Waals surface area (Å²) in [6.07, 6.45) is 15.9. The average Bonchev–Trinajstić information content (AvgIpc) is 2.83. The number of aliphatic hydroxyl groups is 2. The van der Waals surface area contributed by atoms with E-state index >= 15 is 0 Å². The smallest absolute Gasteiger partial charge is 0.226 e. The molecule has 3 N–H and O–H groups in total. The van der Waals surface area contributed by atoms with Crippen LogP contribution in [-0.2, 0) is 4.79 Å². The molecule has 0 aromatic heterocycles. The van der Waals surface area contributed by atoms with Crippen molar-refractivity contribution in [1.82, 2.24) is 5.32 Å². The van der Waals surface area contributed by atoms with Crippen LogP contribution >= 0.6 is 0 Å². The lowest BCUT2D eigenvalue weighted by atomic mass is 9.89. The lowest BCUT2D eigenvalue weighted by molar-refractivity contribution is -0.130. The molecule has 0 heterocycles. The van der Waals surface area contributed by atoms with Gasteiger partial charge < -0.3 is 15.5 Å². The SMILES string of the molecule is CCCCCCCCCCC[C@@H](O)C[C@H](O)[C@H](CCCCCC)C(=O)N[C@H](C)c1ccccc1. The Kier molecular flexibility index (Phi) is 17.9. The fourth-order valence-electron chi connectivity index (χ4n) is 4.69. The zero-order valence-corrected chi connectivity index (χ0v) is 22.3. The molecule has 0 aliphatic rings. The highest BCUT2D eigenvalue weighted by atomic mass is 16.3. The molecule has 34 heavy (non-hydrogen) atoms. The highest BCUT2D eigenvalue weighted by molar-refractivity contribution is 5.79. The fraction of sp³-hybridized carbons (Fsp3) is 0.767. The first-order valence-corrected chi connectivity index (χ1v) is 14.2. The Morgan fingerprint density at radius 3 is 1.85 bits per heavy atom. The van der Waals surface area contributed by atoms with Crippen molar-refractivity contribution in [1.29, 1.82) is 0 Å². The molecule has 1 aromatic rings. The minimum Gasteiger partial charge on any atom is -0.393 e. The van der Waals surface area contributed by atoms with Crippen LogP contribution in [0.3, 0.4) is 0 Å². The molecule has 1 amide bonds. The summed E-state index contributed by atoms with van der Waals surface area (Å²) >= 11 is 0. The van der Waals surface area contributed by atoms with Crippen molar-refractivity contribution in [3.8, 4) is 0 Å². The quantitative estimate of drug-likeness (QED) is 0.161. The first-order valence-electron chi connectivity index (χ1n) is 14.2. The zero-order valence-electron chi connectivity index (χ0n) is 22.3. The Hall–Kier alpha value is -1.39. The number of hydrogen-bond donors (Lipinski definition) is 3. The summed E-state index contributed by atoms with van der Waals surface area (Å²) < 4.78 is 0. The van der Waals surface area contributed by atoms with Crippen molar-refractivity contribution in [2.45, 2.75) is 142 Å². The second-order valence-electron chi connectivity index (χ2n) is 10.2. The third-order valence-corrected chi connectivity index (χ3v) is 6.98. The average molecular weight is 476 g/mol. The van der Waals surface area contributed by atoms with Gasteiger partial charge in [0.1, 0.15) is 0 Å². The van der Waals surface area contributed by atoms with Gasteiger partial charge in [0.15, 0.2) is 0 Å². The van der Waals surface area contributed by atoms with Gasteiger partial charge in [-0.05, 0) is 31.7 Å². The molecule has 4 atom stereocenters. The lowest BCUT2D eigenvalue weighted by Crippen LogP contribution is -2.40. The summed E-state index contributed by atoms with van der Waals surface area (Å²) in [5, 5.41) is 24.5. The van der Waals surface area contributed by atoms with E-state index in [2.05, 4.69) is 19.2 Å². The summed E-state index contributed by atoms with van der Waals surface area (Å²) in [5.74, 6) is -0.573. The molecular formula is C30H53NO3. The van der Waals surface area contributed by atoms with Gasteiger partial charge in [0.25, 0.3) is 0 Å². The van der Waals surface area contributed by atoms with E-state index in [4.69, 9.17) is 0 Å². The van der Waals surface area contributed by atoms with Gasteiger partial charge in [-0.15, -0.1) is 0 Å². The predicted octanol–water partition coefficient (Wildman–Crippen LogP) is 7.48. The van der Waals surface area contributed by atoms with Crippen molar-refractivity contribution >= 4 is 5.91 Å². The summed E-state index contributed by atoms with van der Waals surface area (Å²) in [6.45, 7) is 6.39. The Morgan fingerprint density at radius 2 is 1.26 bits per heavy atom. The number of unbranched alkanes of at least 4 members (excludes halogenated alkanes) is 11. The van der Waals surface area contributed by atoms with Gasteiger partial charge in [-0.3, -0.25) is 4.79 Å². The molecule has 0 spiro atoms. The van der Waals surface area contributed by atoms with E-state index in [9.17, 15) is 15.0 Å². The summed E-state index contributed by atoms with van der Waals surface area (Å²) in [6, 6.07) is 9.81. The van der Waals surface area contributed by atoms with Crippen molar-refractivity contribution in [2.24, 2.45) is 5.92 Å². The fourth-order valence-corrected chi connectivity index (χ4v) is 4.69. The van der Waals surface area contributed by atoms with E-state index in [1.807, 2.05) is 37.3 Å². The molecule has 0 radical (unpaired) electrons. The standard InChI is InChI=1S/C30H53NO3/c1-4-6-8-10-11-12-13-14-18-22-27(32)24-29(33)28(23-19-9-7-5-2)30(34)31-25(3)26-20-16-15-17-21-26/h15-17,20-21,25,27-29,32-33H,4-14,18-19,22-24H2,1-3H3,(H,31,34)/t25-,27-,28+,29+/m1/s1. The number of benzene rings is 1. The van der Waals surface area contributed by atoms with Gasteiger partial charge in [0, 0.05) is 0 Å². The third kappa shape index (κ3) is 14.1. The molecule has 0 aliphatic carbocycles. The Balaban J connectivity index is 2.44. The molecule has 1 rings (SSSR count). The predicted molar refractivity (Wildman–Crippen MR) is 144 cm³/mol. The molecule has 0 unspecified atom stereocenters. The number of nitrogens with one attached hydrogen (secondary N) is 1. The Bertz CT molecular complexity index is 606. The second-order valence-corrected chi connectivity index (χ2v) is 10.2. The summed E-state index contributed by atoms with van der Waals surface area (Å²) in [4.78, 5) is 13.1. The summed E-state index contributed by atoms with van der Waals surface area (Å²) in [5.41, 5.74) is 1.06. The number of carbonyl (C=O) groups excluding carboxylic acids is 1. The normalized spacial score (nSPS) is 15.0. The number of rotatable bonds is 21.